The summed E-state index contributed by atoms with van der Waals surface area (Å²) in [6.45, 7) is 1.95. The highest BCUT2D eigenvalue weighted by atomic mass is 16.5. The van der Waals surface area contributed by atoms with Crippen LogP contribution in [-0.2, 0) is 9.53 Å². The highest BCUT2D eigenvalue weighted by Gasteiger charge is 2.16. The maximum absolute atomic E-state index is 11.5. The number of esters is 1. The first-order valence-electron chi connectivity index (χ1n) is 5.70. The SMILES string of the molecule is CCC(Nc1cccc(N(C)C)c1)C(=O)OC. The molecule has 1 aromatic carbocycles. The van der Waals surface area contributed by atoms with Crippen molar-refractivity contribution >= 4 is 17.3 Å². The van der Waals surface area contributed by atoms with Gasteiger partial charge in [0.1, 0.15) is 6.04 Å². The Kier molecular flexibility index (Phi) is 4.82. The van der Waals surface area contributed by atoms with E-state index in [9.17, 15) is 4.79 Å². The van der Waals surface area contributed by atoms with Crippen LogP contribution < -0.4 is 10.2 Å². The molecule has 1 unspecified atom stereocenters. The van der Waals surface area contributed by atoms with Gasteiger partial charge in [-0.3, -0.25) is 0 Å². The number of carbonyl (C=O) groups is 1. The number of benzene rings is 1. The summed E-state index contributed by atoms with van der Waals surface area (Å²) in [6, 6.07) is 7.63. The first-order chi connectivity index (χ1) is 8.08. The molecule has 0 aliphatic carbocycles. The lowest BCUT2D eigenvalue weighted by Crippen LogP contribution is -2.29. The Balaban J connectivity index is 2.79. The second-order valence-corrected chi connectivity index (χ2v) is 4.07. The largest absolute Gasteiger partial charge is 0.467 e. The van der Waals surface area contributed by atoms with Crippen molar-refractivity contribution in [1.29, 1.82) is 0 Å². The van der Waals surface area contributed by atoms with Crippen LogP contribution in [0.1, 0.15) is 13.3 Å². The number of ether oxygens (including phenoxy) is 1. The van der Waals surface area contributed by atoms with Crippen molar-refractivity contribution in [2.45, 2.75) is 19.4 Å². The molecule has 4 nitrogen and oxygen atoms in total. The Hall–Kier alpha value is -1.71. The number of hydrogen-bond donors (Lipinski definition) is 1. The summed E-state index contributed by atoms with van der Waals surface area (Å²) in [6.07, 6.45) is 0.693. The van der Waals surface area contributed by atoms with Gasteiger partial charge in [-0.1, -0.05) is 13.0 Å². The number of hydrogen-bond acceptors (Lipinski definition) is 4. The molecule has 0 aromatic heterocycles. The summed E-state index contributed by atoms with van der Waals surface area (Å²) in [5, 5.41) is 3.17. The van der Waals surface area contributed by atoms with E-state index in [1.165, 1.54) is 7.11 Å². The quantitative estimate of drug-likeness (QED) is 0.795. The first-order valence-corrected chi connectivity index (χ1v) is 5.70. The third-order valence-corrected chi connectivity index (χ3v) is 2.60. The van der Waals surface area contributed by atoms with Crippen molar-refractivity contribution in [2.75, 3.05) is 31.4 Å². The molecule has 1 rings (SSSR count). The van der Waals surface area contributed by atoms with Gasteiger partial charge in [0.2, 0.25) is 0 Å². The molecular weight excluding hydrogens is 216 g/mol. The molecule has 0 bridgehead atoms. The molecule has 0 heterocycles. The van der Waals surface area contributed by atoms with E-state index in [4.69, 9.17) is 4.74 Å². The summed E-state index contributed by atoms with van der Waals surface area (Å²) in [7, 11) is 5.37. The second kappa shape index (κ2) is 6.13. The van der Waals surface area contributed by atoms with Crippen LogP contribution in [0.3, 0.4) is 0 Å². The van der Waals surface area contributed by atoms with Gasteiger partial charge < -0.3 is 15.0 Å². The Labute approximate surface area is 103 Å². The van der Waals surface area contributed by atoms with Crippen LogP contribution in [0.25, 0.3) is 0 Å². The van der Waals surface area contributed by atoms with Gasteiger partial charge in [-0.15, -0.1) is 0 Å². The van der Waals surface area contributed by atoms with Crippen molar-refractivity contribution in [3.8, 4) is 0 Å². The lowest BCUT2D eigenvalue weighted by atomic mass is 10.2. The molecule has 0 aliphatic heterocycles. The average Bonchev–Trinajstić information content (AvgIpc) is 2.35. The number of nitrogens with one attached hydrogen (secondary N) is 1. The van der Waals surface area contributed by atoms with E-state index in [1.807, 2.05) is 50.2 Å². The van der Waals surface area contributed by atoms with E-state index >= 15 is 0 Å². The molecule has 4 heteroatoms. The molecule has 1 N–H and O–H groups in total. The van der Waals surface area contributed by atoms with Gasteiger partial charge in [0, 0.05) is 25.5 Å². The zero-order valence-corrected chi connectivity index (χ0v) is 10.9. The lowest BCUT2D eigenvalue weighted by molar-refractivity contribution is -0.141. The van der Waals surface area contributed by atoms with Crippen LogP contribution in [0.15, 0.2) is 24.3 Å². The van der Waals surface area contributed by atoms with Crippen LogP contribution in [0, 0.1) is 0 Å². The van der Waals surface area contributed by atoms with Gasteiger partial charge in [0.25, 0.3) is 0 Å². The minimum atomic E-state index is -0.294. The molecule has 0 spiro atoms. The topological polar surface area (TPSA) is 41.6 Å². The molecule has 17 heavy (non-hydrogen) atoms. The van der Waals surface area contributed by atoms with Gasteiger partial charge in [0.15, 0.2) is 0 Å². The number of methoxy groups -OCH3 is 1. The average molecular weight is 236 g/mol. The number of carbonyl (C=O) groups excluding carboxylic acids is 1. The van der Waals surface area contributed by atoms with E-state index in [0.29, 0.717) is 6.42 Å². The predicted molar refractivity (Wildman–Crippen MR) is 70.5 cm³/mol. The Morgan fingerprint density at radius 3 is 2.71 bits per heavy atom. The first kappa shape index (κ1) is 13.4. The molecule has 94 valence electrons. The predicted octanol–water partition coefficient (Wildman–Crippen LogP) is 2.12. The molecule has 0 fully saturated rings. The highest BCUT2D eigenvalue weighted by Crippen LogP contribution is 2.18. The number of anilines is 2. The fraction of sp³-hybridized carbons (Fsp3) is 0.462. The molecule has 0 saturated carbocycles. The van der Waals surface area contributed by atoms with Crippen molar-refractivity contribution in [3.05, 3.63) is 24.3 Å². The van der Waals surface area contributed by atoms with Gasteiger partial charge in [-0.25, -0.2) is 4.79 Å². The summed E-state index contributed by atoms with van der Waals surface area (Å²) in [5.41, 5.74) is 2.02. The summed E-state index contributed by atoms with van der Waals surface area (Å²) in [4.78, 5) is 13.5. The fourth-order valence-electron chi connectivity index (χ4n) is 1.54. The third kappa shape index (κ3) is 3.66. The minimum absolute atomic E-state index is 0.234. The monoisotopic (exact) mass is 236 g/mol. The van der Waals surface area contributed by atoms with Gasteiger partial charge in [0.05, 0.1) is 7.11 Å². The zero-order chi connectivity index (χ0) is 12.8. The van der Waals surface area contributed by atoms with E-state index in [0.717, 1.165) is 11.4 Å². The van der Waals surface area contributed by atoms with E-state index in [-0.39, 0.29) is 12.0 Å². The van der Waals surface area contributed by atoms with Gasteiger partial charge in [-0.2, -0.15) is 0 Å². The van der Waals surface area contributed by atoms with E-state index in [2.05, 4.69) is 5.32 Å². The summed E-state index contributed by atoms with van der Waals surface area (Å²) >= 11 is 0. The molecule has 0 aliphatic rings. The third-order valence-electron chi connectivity index (χ3n) is 2.60. The molecule has 0 saturated heterocycles. The van der Waals surface area contributed by atoms with Crippen molar-refractivity contribution in [2.24, 2.45) is 0 Å². The lowest BCUT2D eigenvalue weighted by Gasteiger charge is -2.18. The highest BCUT2D eigenvalue weighted by molar-refractivity contribution is 5.79. The normalized spacial score (nSPS) is 11.8. The number of nitrogens with zero attached hydrogens (tertiary/aromatic N) is 1. The standard InChI is InChI=1S/C13H20N2O2/c1-5-12(13(16)17-4)14-10-7-6-8-11(9-10)15(2)3/h6-9,12,14H,5H2,1-4H3. The maximum Gasteiger partial charge on any atom is 0.328 e. The Morgan fingerprint density at radius 2 is 2.18 bits per heavy atom. The molecule has 0 radical (unpaired) electrons. The molecule has 1 atom stereocenters. The van der Waals surface area contributed by atoms with Gasteiger partial charge >= 0.3 is 5.97 Å². The number of rotatable bonds is 5. The zero-order valence-electron chi connectivity index (χ0n) is 10.9. The van der Waals surface area contributed by atoms with Crippen LogP contribution in [0.4, 0.5) is 11.4 Å². The smallest absolute Gasteiger partial charge is 0.328 e. The van der Waals surface area contributed by atoms with Gasteiger partial charge in [-0.05, 0) is 24.6 Å². The van der Waals surface area contributed by atoms with Crippen molar-refractivity contribution < 1.29 is 9.53 Å². The Bertz CT molecular complexity index is 377. The summed E-state index contributed by atoms with van der Waals surface area (Å²) in [5.74, 6) is -0.234. The summed E-state index contributed by atoms with van der Waals surface area (Å²) < 4.78 is 4.74. The van der Waals surface area contributed by atoms with Crippen molar-refractivity contribution in [3.63, 3.8) is 0 Å². The van der Waals surface area contributed by atoms with Crippen LogP contribution >= 0.6 is 0 Å². The van der Waals surface area contributed by atoms with Crippen LogP contribution in [0.5, 0.6) is 0 Å². The second-order valence-electron chi connectivity index (χ2n) is 4.07. The fourth-order valence-corrected chi connectivity index (χ4v) is 1.54. The minimum Gasteiger partial charge on any atom is -0.467 e. The van der Waals surface area contributed by atoms with Crippen molar-refractivity contribution in [1.82, 2.24) is 0 Å². The molecular formula is C13H20N2O2. The van der Waals surface area contributed by atoms with E-state index < -0.39 is 0 Å². The molecule has 1 aromatic rings. The maximum atomic E-state index is 11.5. The Morgan fingerprint density at radius 1 is 1.47 bits per heavy atom. The van der Waals surface area contributed by atoms with Crippen LogP contribution in [0.2, 0.25) is 0 Å². The molecule has 0 amide bonds. The van der Waals surface area contributed by atoms with Crippen LogP contribution in [-0.4, -0.2) is 33.2 Å². The van der Waals surface area contributed by atoms with E-state index in [1.54, 1.807) is 0 Å².